The molecule has 0 aromatic heterocycles. The number of likely N-dealkylation sites (tertiary alicyclic amines) is 1. The second-order valence-electron chi connectivity index (χ2n) is 5.47. The molecule has 16 heavy (non-hydrogen) atoms. The maximum Gasteiger partial charge on any atom is 0.00219 e. The number of hydrogen-bond donors (Lipinski definition) is 1. The maximum atomic E-state index is 3.49. The molecule has 1 aliphatic heterocycles. The average molecular weight is 226 g/mol. The van der Waals surface area contributed by atoms with Crippen molar-refractivity contribution in [2.75, 3.05) is 32.7 Å². The van der Waals surface area contributed by atoms with Crippen LogP contribution >= 0.6 is 0 Å². The molecule has 1 heterocycles. The van der Waals surface area contributed by atoms with Crippen molar-refractivity contribution in [3.05, 3.63) is 0 Å². The van der Waals surface area contributed by atoms with Gasteiger partial charge in [0.25, 0.3) is 0 Å². The van der Waals surface area contributed by atoms with Crippen molar-refractivity contribution in [1.29, 1.82) is 0 Å². The topological polar surface area (TPSA) is 15.3 Å². The Labute approximate surface area is 102 Å². The number of hydrogen-bond acceptors (Lipinski definition) is 2. The van der Waals surface area contributed by atoms with E-state index in [0.717, 1.165) is 18.4 Å². The first kappa shape index (κ1) is 14.0. The van der Waals surface area contributed by atoms with Crippen LogP contribution < -0.4 is 5.32 Å². The third-order valence-electron chi connectivity index (χ3n) is 3.64. The second kappa shape index (κ2) is 8.08. The molecule has 2 atom stereocenters. The summed E-state index contributed by atoms with van der Waals surface area (Å²) in [7, 11) is 0. The lowest BCUT2D eigenvalue weighted by Gasteiger charge is -2.34. The minimum Gasteiger partial charge on any atom is -0.317 e. The summed E-state index contributed by atoms with van der Waals surface area (Å²) in [6, 6.07) is 0. The first-order valence-electron chi connectivity index (χ1n) is 7.19. The van der Waals surface area contributed by atoms with E-state index in [0.29, 0.717) is 0 Å². The molecular weight excluding hydrogens is 196 g/mol. The smallest absolute Gasteiger partial charge is 0.00219 e. The van der Waals surface area contributed by atoms with Crippen LogP contribution in [0.25, 0.3) is 0 Å². The maximum absolute atomic E-state index is 3.49. The summed E-state index contributed by atoms with van der Waals surface area (Å²) in [5, 5.41) is 3.49. The van der Waals surface area contributed by atoms with Crippen molar-refractivity contribution in [1.82, 2.24) is 10.2 Å². The van der Waals surface area contributed by atoms with E-state index < -0.39 is 0 Å². The Bertz CT molecular complexity index is 170. The van der Waals surface area contributed by atoms with Crippen molar-refractivity contribution in [2.24, 2.45) is 11.8 Å². The van der Waals surface area contributed by atoms with Crippen LogP contribution in [0.1, 0.15) is 46.5 Å². The lowest BCUT2D eigenvalue weighted by atomic mass is 9.96. The molecule has 2 heteroatoms. The number of rotatable bonds is 7. The molecule has 0 aliphatic carbocycles. The summed E-state index contributed by atoms with van der Waals surface area (Å²) in [5.74, 6) is 1.77. The fourth-order valence-corrected chi connectivity index (χ4v) is 2.86. The number of nitrogens with one attached hydrogen (secondary N) is 1. The summed E-state index contributed by atoms with van der Waals surface area (Å²) in [4.78, 5) is 2.69. The Morgan fingerprint density at radius 2 is 2.19 bits per heavy atom. The van der Waals surface area contributed by atoms with Gasteiger partial charge in [0.15, 0.2) is 0 Å². The first-order chi connectivity index (χ1) is 7.76. The third-order valence-corrected chi connectivity index (χ3v) is 3.64. The minimum atomic E-state index is 0.878. The van der Waals surface area contributed by atoms with Crippen molar-refractivity contribution in [3.8, 4) is 0 Å². The van der Waals surface area contributed by atoms with Crippen LogP contribution in [0.5, 0.6) is 0 Å². The average Bonchev–Trinajstić information content (AvgIpc) is 2.27. The van der Waals surface area contributed by atoms with Crippen LogP contribution in [0.2, 0.25) is 0 Å². The van der Waals surface area contributed by atoms with Crippen molar-refractivity contribution in [3.63, 3.8) is 0 Å². The van der Waals surface area contributed by atoms with E-state index in [1.165, 1.54) is 51.9 Å². The van der Waals surface area contributed by atoms with Gasteiger partial charge in [-0.2, -0.15) is 0 Å². The molecule has 96 valence electrons. The van der Waals surface area contributed by atoms with Crippen molar-refractivity contribution >= 4 is 0 Å². The molecule has 1 fully saturated rings. The molecule has 0 saturated carbocycles. The van der Waals surface area contributed by atoms with Crippen molar-refractivity contribution in [2.45, 2.75) is 46.5 Å². The molecule has 0 aromatic carbocycles. The van der Waals surface area contributed by atoms with E-state index >= 15 is 0 Å². The summed E-state index contributed by atoms with van der Waals surface area (Å²) < 4.78 is 0. The van der Waals surface area contributed by atoms with Crippen LogP contribution in [0.3, 0.4) is 0 Å². The fraction of sp³-hybridized carbons (Fsp3) is 1.00. The van der Waals surface area contributed by atoms with Crippen LogP contribution in [-0.2, 0) is 0 Å². The van der Waals surface area contributed by atoms with Crippen molar-refractivity contribution < 1.29 is 0 Å². The number of nitrogens with zero attached hydrogens (tertiary/aromatic N) is 1. The Morgan fingerprint density at radius 3 is 2.88 bits per heavy atom. The standard InChI is InChI=1S/C14H30N2/c1-4-7-13(3)11-16-9-6-8-14(12-16)10-15-5-2/h13-15H,4-12H2,1-3H3. The van der Waals surface area contributed by atoms with Gasteiger partial charge >= 0.3 is 0 Å². The predicted molar refractivity (Wildman–Crippen MR) is 71.8 cm³/mol. The van der Waals surface area contributed by atoms with Crippen LogP contribution in [0.4, 0.5) is 0 Å². The summed E-state index contributed by atoms with van der Waals surface area (Å²) in [6.45, 7) is 13.2. The van der Waals surface area contributed by atoms with Gasteiger partial charge in [0, 0.05) is 13.1 Å². The van der Waals surface area contributed by atoms with Gasteiger partial charge in [-0.15, -0.1) is 0 Å². The highest BCUT2D eigenvalue weighted by atomic mass is 15.1. The van der Waals surface area contributed by atoms with Gasteiger partial charge in [-0.3, -0.25) is 0 Å². The molecule has 0 bridgehead atoms. The molecule has 1 rings (SSSR count). The van der Waals surface area contributed by atoms with E-state index in [4.69, 9.17) is 0 Å². The zero-order chi connectivity index (χ0) is 11.8. The zero-order valence-corrected chi connectivity index (χ0v) is 11.5. The molecule has 2 unspecified atom stereocenters. The first-order valence-corrected chi connectivity index (χ1v) is 7.19. The molecule has 1 saturated heterocycles. The molecule has 2 nitrogen and oxygen atoms in total. The lowest BCUT2D eigenvalue weighted by molar-refractivity contribution is 0.151. The Morgan fingerprint density at radius 1 is 1.38 bits per heavy atom. The Balaban J connectivity index is 2.21. The normalized spacial score (nSPS) is 24.6. The summed E-state index contributed by atoms with van der Waals surface area (Å²) >= 11 is 0. The van der Waals surface area contributed by atoms with E-state index in [1.54, 1.807) is 0 Å². The van der Waals surface area contributed by atoms with E-state index in [-0.39, 0.29) is 0 Å². The fourth-order valence-electron chi connectivity index (χ4n) is 2.86. The highest BCUT2D eigenvalue weighted by Crippen LogP contribution is 2.18. The molecule has 0 aromatic rings. The lowest BCUT2D eigenvalue weighted by Crippen LogP contribution is -2.41. The third kappa shape index (κ3) is 5.31. The number of piperidine rings is 1. The van der Waals surface area contributed by atoms with Crippen LogP contribution in [0.15, 0.2) is 0 Å². The minimum absolute atomic E-state index is 0.878. The van der Waals surface area contributed by atoms with Gasteiger partial charge in [-0.1, -0.05) is 27.2 Å². The van der Waals surface area contributed by atoms with Gasteiger partial charge in [-0.25, -0.2) is 0 Å². The van der Waals surface area contributed by atoms with Gasteiger partial charge in [0.2, 0.25) is 0 Å². The van der Waals surface area contributed by atoms with E-state index in [1.807, 2.05) is 0 Å². The second-order valence-corrected chi connectivity index (χ2v) is 5.47. The Kier molecular flexibility index (Phi) is 7.06. The molecular formula is C14H30N2. The van der Waals surface area contributed by atoms with Gasteiger partial charge in [0.05, 0.1) is 0 Å². The summed E-state index contributed by atoms with van der Waals surface area (Å²) in [6.07, 6.45) is 5.53. The highest BCUT2D eigenvalue weighted by Gasteiger charge is 2.20. The largest absolute Gasteiger partial charge is 0.317 e. The van der Waals surface area contributed by atoms with Crippen LogP contribution in [-0.4, -0.2) is 37.6 Å². The summed E-state index contributed by atoms with van der Waals surface area (Å²) in [5.41, 5.74) is 0. The SMILES string of the molecule is CCCC(C)CN1CCCC(CNCC)C1. The highest BCUT2D eigenvalue weighted by molar-refractivity contribution is 4.75. The van der Waals surface area contributed by atoms with Gasteiger partial charge < -0.3 is 10.2 Å². The Hall–Kier alpha value is -0.0800. The molecule has 1 aliphatic rings. The zero-order valence-electron chi connectivity index (χ0n) is 11.5. The molecule has 0 radical (unpaired) electrons. The molecule has 1 N–H and O–H groups in total. The van der Waals surface area contributed by atoms with Crippen LogP contribution in [0, 0.1) is 11.8 Å². The van der Waals surface area contributed by atoms with Gasteiger partial charge in [0.1, 0.15) is 0 Å². The van der Waals surface area contributed by atoms with E-state index in [2.05, 4.69) is 31.0 Å². The molecule has 0 amide bonds. The predicted octanol–water partition coefficient (Wildman–Crippen LogP) is 2.74. The van der Waals surface area contributed by atoms with E-state index in [9.17, 15) is 0 Å². The quantitative estimate of drug-likeness (QED) is 0.718. The van der Waals surface area contributed by atoms with Gasteiger partial charge in [-0.05, 0) is 50.7 Å². The monoisotopic (exact) mass is 226 g/mol. The molecule has 0 spiro atoms.